The Morgan fingerprint density at radius 3 is 2.69 bits per heavy atom. The number of rotatable bonds is 7. The molecule has 2 bridgehead atoms. The van der Waals surface area contributed by atoms with E-state index in [1.165, 1.54) is 15.6 Å². The third kappa shape index (κ3) is 4.18. The SMILES string of the molecule is N#CC1CN(S(=O)(=O)N2[C@@H]3CC[C@H]2CC(Nc2nc(Nc4ncc(CO)s4)cc4ncccc24)C3)C1. The molecule has 3 fully saturated rings. The highest BCUT2D eigenvalue weighted by molar-refractivity contribution is 7.86. The van der Waals surface area contributed by atoms with E-state index < -0.39 is 10.2 Å². The lowest BCUT2D eigenvalue weighted by Gasteiger charge is -2.44. The zero-order valence-corrected chi connectivity index (χ0v) is 21.0. The molecule has 0 saturated carbocycles. The van der Waals surface area contributed by atoms with Crippen LogP contribution in [0.5, 0.6) is 0 Å². The summed E-state index contributed by atoms with van der Waals surface area (Å²) in [4.78, 5) is 14.3. The topological polar surface area (TPSA) is 147 Å². The van der Waals surface area contributed by atoms with Crippen molar-refractivity contribution in [3.05, 3.63) is 35.5 Å². The van der Waals surface area contributed by atoms with Gasteiger partial charge in [-0.3, -0.25) is 4.98 Å². The molecule has 3 aromatic rings. The van der Waals surface area contributed by atoms with Crippen molar-refractivity contribution < 1.29 is 13.5 Å². The maximum atomic E-state index is 13.2. The van der Waals surface area contributed by atoms with Crippen molar-refractivity contribution in [3.8, 4) is 6.07 Å². The van der Waals surface area contributed by atoms with Crippen LogP contribution in [0.3, 0.4) is 0 Å². The van der Waals surface area contributed by atoms with Crippen LogP contribution in [-0.2, 0) is 16.8 Å². The second-order valence-electron chi connectivity index (χ2n) is 9.52. The molecule has 3 N–H and O–H groups in total. The molecule has 0 aromatic carbocycles. The van der Waals surface area contributed by atoms with E-state index in [0.29, 0.717) is 29.6 Å². The second kappa shape index (κ2) is 9.20. The number of hydrogen-bond acceptors (Lipinski definition) is 10. The molecule has 0 aliphatic carbocycles. The molecule has 36 heavy (non-hydrogen) atoms. The smallest absolute Gasteiger partial charge is 0.282 e. The molecule has 0 amide bonds. The fourth-order valence-electron chi connectivity index (χ4n) is 5.46. The fourth-order valence-corrected chi connectivity index (χ4v) is 8.28. The molecule has 6 heterocycles. The lowest BCUT2D eigenvalue weighted by atomic mass is 9.99. The molecular weight excluding hydrogens is 500 g/mol. The Morgan fingerprint density at radius 2 is 2.00 bits per heavy atom. The quantitative estimate of drug-likeness (QED) is 0.422. The van der Waals surface area contributed by atoms with Gasteiger partial charge in [0.15, 0.2) is 5.13 Å². The molecule has 3 saturated heterocycles. The molecule has 11 nitrogen and oxygen atoms in total. The van der Waals surface area contributed by atoms with E-state index >= 15 is 0 Å². The monoisotopic (exact) mass is 526 g/mol. The van der Waals surface area contributed by atoms with Gasteiger partial charge in [-0.25, -0.2) is 9.97 Å². The second-order valence-corrected chi connectivity index (χ2v) is 12.5. The molecule has 3 aliphatic rings. The minimum atomic E-state index is -3.55. The normalized spacial score (nSPS) is 24.9. The van der Waals surface area contributed by atoms with Crippen molar-refractivity contribution >= 4 is 49.2 Å². The lowest BCUT2D eigenvalue weighted by molar-refractivity contribution is 0.182. The minimum absolute atomic E-state index is 0.0632. The highest BCUT2D eigenvalue weighted by Crippen LogP contribution is 2.41. The number of pyridine rings is 2. The average molecular weight is 527 g/mol. The van der Waals surface area contributed by atoms with Crippen LogP contribution < -0.4 is 10.6 Å². The van der Waals surface area contributed by atoms with Crippen molar-refractivity contribution in [3.63, 3.8) is 0 Å². The van der Waals surface area contributed by atoms with E-state index in [1.807, 2.05) is 18.2 Å². The first-order valence-corrected chi connectivity index (χ1v) is 14.2. The van der Waals surface area contributed by atoms with Gasteiger partial charge in [-0.1, -0.05) is 11.3 Å². The van der Waals surface area contributed by atoms with Gasteiger partial charge in [-0.15, -0.1) is 0 Å². The molecule has 0 radical (unpaired) electrons. The average Bonchev–Trinajstić information content (AvgIpc) is 3.40. The summed E-state index contributed by atoms with van der Waals surface area (Å²) >= 11 is 1.36. The van der Waals surface area contributed by atoms with Gasteiger partial charge in [0.25, 0.3) is 10.2 Å². The van der Waals surface area contributed by atoms with Gasteiger partial charge in [-0.2, -0.15) is 22.3 Å². The summed E-state index contributed by atoms with van der Waals surface area (Å²) in [5.41, 5.74) is 0.782. The number of aliphatic hydroxyl groups excluding tert-OH is 1. The highest BCUT2D eigenvalue weighted by atomic mass is 32.2. The Hall–Kier alpha value is -2.89. The lowest BCUT2D eigenvalue weighted by Crippen LogP contribution is -2.59. The van der Waals surface area contributed by atoms with E-state index in [0.717, 1.165) is 28.6 Å². The number of hydrogen-bond donors (Lipinski definition) is 3. The van der Waals surface area contributed by atoms with Crippen LogP contribution in [0, 0.1) is 17.2 Å². The zero-order chi connectivity index (χ0) is 24.9. The van der Waals surface area contributed by atoms with Crippen LogP contribution >= 0.6 is 11.3 Å². The van der Waals surface area contributed by atoms with Crippen LogP contribution in [0.15, 0.2) is 30.6 Å². The van der Waals surface area contributed by atoms with E-state index in [2.05, 4.69) is 26.7 Å². The van der Waals surface area contributed by atoms with Gasteiger partial charge in [0, 0.05) is 55.1 Å². The number of fused-ring (bicyclic) bond motifs is 3. The zero-order valence-electron chi connectivity index (χ0n) is 19.4. The molecule has 3 aliphatic heterocycles. The Labute approximate surface area is 213 Å². The summed E-state index contributed by atoms with van der Waals surface area (Å²) in [7, 11) is -3.55. The third-order valence-corrected chi connectivity index (χ3v) is 10.2. The highest BCUT2D eigenvalue weighted by Gasteiger charge is 2.51. The van der Waals surface area contributed by atoms with E-state index in [-0.39, 0.29) is 43.7 Å². The van der Waals surface area contributed by atoms with Gasteiger partial charge in [0.2, 0.25) is 0 Å². The largest absolute Gasteiger partial charge is 0.391 e. The molecule has 13 heteroatoms. The van der Waals surface area contributed by atoms with Gasteiger partial charge >= 0.3 is 0 Å². The van der Waals surface area contributed by atoms with Crippen molar-refractivity contribution in [1.29, 1.82) is 5.26 Å². The predicted molar refractivity (Wildman–Crippen MR) is 136 cm³/mol. The minimum Gasteiger partial charge on any atom is -0.391 e. The summed E-state index contributed by atoms with van der Waals surface area (Å²) in [6, 6.07) is 7.80. The van der Waals surface area contributed by atoms with Crippen molar-refractivity contribution in [2.45, 2.75) is 50.4 Å². The van der Waals surface area contributed by atoms with Crippen molar-refractivity contribution in [1.82, 2.24) is 23.6 Å². The molecule has 6 rings (SSSR count). The summed E-state index contributed by atoms with van der Waals surface area (Å²) < 4.78 is 29.6. The number of piperidine rings is 1. The molecule has 1 unspecified atom stereocenters. The molecule has 0 spiro atoms. The van der Waals surface area contributed by atoms with Crippen LogP contribution in [0.25, 0.3) is 10.9 Å². The van der Waals surface area contributed by atoms with Crippen LogP contribution in [0.4, 0.5) is 16.8 Å². The molecule has 188 valence electrons. The van der Waals surface area contributed by atoms with Crippen LogP contribution in [0.2, 0.25) is 0 Å². The van der Waals surface area contributed by atoms with Crippen LogP contribution in [0.1, 0.15) is 30.6 Å². The van der Waals surface area contributed by atoms with E-state index in [4.69, 9.17) is 10.2 Å². The maximum absolute atomic E-state index is 13.2. The summed E-state index contributed by atoms with van der Waals surface area (Å²) in [5.74, 6) is 1.09. The Morgan fingerprint density at radius 1 is 1.22 bits per heavy atom. The standard InChI is InChI=1S/C23H26N8O3S2/c24-9-14-11-30(12-14)36(33,34)31-16-3-4-17(31)7-15(6-16)27-22-19-2-1-5-25-20(19)8-21(28-22)29-23-26-10-18(13-32)35-23/h1-2,5,8,10,14-17,32H,3-4,6-7,11-13H2,(H2,26,27,28,29)/t15?,16-,17+. The number of nitrogens with one attached hydrogen (secondary N) is 2. The summed E-state index contributed by atoms with van der Waals surface area (Å²) in [6.07, 6.45) is 6.43. The number of anilines is 3. The Balaban J connectivity index is 1.22. The Bertz CT molecular complexity index is 1420. The van der Waals surface area contributed by atoms with Crippen molar-refractivity contribution in [2.24, 2.45) is 5.92 Å². The predicted octanol–water partition coefficient (Wildman–Crippen LogP) is 2.43. The van der Waals surface area contributed by atoms with E-state index in [9.17, 15) is 13.5 Å². The van der Waals surface area contributed by atoms with Gasteiger partial charge in [0.05, 0.1) is 29.0 Å². The molecular formula is C23H26N8O3S2. The summed E-state index contributed by atoms with van der Waals surface area (Å²) in [5, 5.41) is 26.7. The maximum Gasteiger partial charge on any atom is 0.282 e. The summed E-state index contributed by atoms with van der Waals surface area (Å²) in [6.45, 7) is 0.516. The first-order valence-electron chi connectivity index (χ1n) is 12.0. The first-order chi connectivity index (χ1) is 17.4. The Kier molecular flexibility index (Phi) is 6.01. The number of nitriles is 1. The number of thiazole rings is 1. The van der Waals surface area contributed by atoms with Gasteiger partial charge in [0.1, 0.15) is 11.6 Å². The first kappa shape index (κ1) is 23.5. The molecule has 3 aromatic heterocycles. The van der Waals surface area contributed by atoms with Gasteiger partial charge in [-0.05, 0) is 37.8 Å². The number of aromatic nitrogens is 3. The fraction of sp³-hybridized carbons (Fsp3) is 0.478. The number of aliphatic hydroxyl groups is 1. The van der Waals surface area contributed by atoms with Crippen LogP contribution in [-0.4, -0.2) is 68.3 Å². The van der Waals surface area contributed by atoms with Crippen molar-refractivity contribution in [2.75, 3.05) is 23.7 Å². The van der Waals surface area contributed by atoms with E-state index in [1.54, 1.807) is 16.7 Å². The number of nitrogens with zero attached hydrogens (tertiary/aromatic N) is 6. The molecule has 3 atom stereocenters. The van der Waals surface area contributed by atoms with Gasteiger partial charge < -0.3 is 15.7 Å². The third-order valence-electron chi connectivity index (χ3n) is 7.17.